The second-order valence-corrected chi connectivity index (χ2v) is 21.2. The number of phosphoric ester groups is 1. The van der Waals surface area contributed by atoms with Crippen LogP contribution in [0.4, 0.5) is 0 Å². The third kappa shape index (κ3) is 49.9. The van der Waals surface area contributed by atoms with Crippen molar-refractivity contribution in [3.05, 3.63) is 97.2 Å². The standard InChI is InChI=1S/C60H105N2O7P/c1-7-10-13-16-19-22-25-28-30-32-34-37-40-43-46-49-52-59(63)61-57(56-68-70(65,66)67-55-54-62(4,5)6)58(51-48-45-42-39-36-33-27-24-21-18-15-12-9-3)69-60(64)53-50-47-44-41-38-35-31-29-26-23-20-17-14-11-8-2/h10,13,19-20,22-23,26,28-30,34,37,43,46,48,51,57-58H,7-9,11-12,14-18,21,24-25,27,31-33,35-36,38-42,44-45,47,49-50,52-56H2,1-6H3,(H-,61,63,65,66)/p+1/b13-10+,22-19+,23-20+,29-26+,30-28+,37-34+,46-43+,51-48+. The van der Waals surface area contributed by atoms with Gasteiger partial charge in [0.2, 0.25) is 5.91 Å². The molecule has 0 heterocycles. The molecule has 0 spiro atoms. The van der Waals surface area contributed by atoms with E-state index in [1.165, 1.54) is 77.0 Å². The molecular weight excluding hydrogens is 892 g/mol. The van der Waals surface area contributed by atoms with Crippen molar-refractivity contribution in [1.82, 2.24) is 5.32 Å². The van der Waals surface area contributed by atoms with E-state index < -0.39 is 20.0 Å². The summed E-state index contributed by atoms with van der Waals surface area (Å²) in [6.07, 6.45) is 65.6. The lowest BCUT2D eigenvalue weighted by atomic mass is 10.0. The Balaban J connectivity index is 5.54. The monoisotopic (exact) mass is 998 g/mol. The number of phosphoric acid groups is 1. The van der Waals surface area contributed by atoms with E-state index in [1.54, 1.807) is 0 Å². The molecule has 0 aliphatic carbocycles. The third-order valence-electron chi connectivity index (χ3n) is 11.8. The van der Waals surface area contributed by atoms with Gasteiger partial charge < -0.3 is 19.4 Å². The number of unbranched alkanes of at least 4 members (excludes halogenated alkanes) is 20. The largest absolute Gasteiger partial charge is 0.472 e. The molecule has 9 nitrogen and oxygen atoms in total. The average molecular weight is 998 g/mol. The maximum Gasteiger partial charge on any atom is 0.472 e. The van der Waals surface area contributed by atoms with Gasteiger partial charge in [0.25, 0.3) is 0 Å². The van der Waals surface area contributed by atoms with E-state index in [0.29, 0.717) is 23.9 Å². The Morgan fingerprint density at radius 3 is 1.49 bits per heavy atom. The zero-order valence-corrected chi connectivity index (χ0v) is 46.6. The quantitative estimate of drug-likeness (QED) is 0.0156. The van der Waals surface area contributed by atoms with Crippen molar-refractivity contribution in [3.63, 3.8) is 0 Å². The summed E-state index contributed by atoms with van der Waals surface area (Å²) in [7, 11) is 1.43. The van der Waals surface area contributed by atoms with Crippen molar-refractivity contribution in [2.75, 3.05) is 40.9 Å². The molecule has 10 heteroatoms. The van der Waals surface area contributed by atoms with Crippen LogP contribution in [0.2, 0.25) is 0 Å². The topological polar surface area (TPSA) is 111 Å². The first-order valence-corrected chi connectivity index (χ1v) is 29.6. The number of allylic oxidation sites excluding steroid dienone is 15. The molecule has 0 aromatic heterocycles. The molecule has 0 radical (unpaired) electrons. The molecule has 0 aromatic rings. The van der Waals surface area contributed by atoms with Crippen LogP contribution in [0.5, 0.6) is 0 Å². The first-order valence-electron chi connectivity index (χ1n) is 28.1. The van der Waals surface area contributed by atoms with Crippen LogP contribution in [-0.2, 0) is 27.9 Å². The molecule has 0 aromatic carbocycles. The number of hydrogen-bond donors (Lipinski definition) is 2. The van der Waals surface area contributed by atoms with Crippen LogP contribution in [0.3, 0.4) is 0 Å². The molecule has 0 saturated heterocycles. The van der Waals surface area contributed by atoms with Gasteiger partial charge in [-0.25, -0.2) is 4.57 Å². The maximum absolute atomic E-state index is 13.4. The van der Waals surface area contributed by atoms with E-state index in [4.69, 9.17) is 13.8 Å². The van der Waals surface area contributed by atoms with Gasteiger partial charge in [0.05, 0.1) is 33.8 Å². The van der Waals surface area contributed by atoms with Crippen LogP contribution >= 0.6 is 7.82 Å². The van der Waals surface area contributed by atoms with Crippen LogP contribution in [0.1, 0.15) is 220 Å². The van der Waals surface area contributed by atoms with Gasteiger partial charge in [-0.05, 0) is 89.5 Å². The minimum atomic E-state index is -4.47. The van der Waals surface area contributed by atoms with E-state index >= 15 is 0 Å². The predicted octanol–water partition coefficient (Wildman–Crippen LogP) is 16.8. The summed E-state index contributed by atoms with van der Waals surface area (Å²) >= 11 is 0. The summed E-state index contributed by atoms with van der Waals surface area (Å²) in [6, 6.07) is -0.897. The third-order valence-corrected chi connectivity index (χ3v) is 12.8. The summed E-state index contributed by atoms with van der Waals surface area (Å²) in [4.78, 5) is 37.5. The number of carbonyl (C=O) groups excluding carboxylic acids is 2. The molecule has 0 fully saturated rings. The molecule has 0 aliphatic heterocycles. The summed E-state index contributed by atoms with van der Waals surface area (Å²) in [6.45, 7) is 6.78. The number of hydrogen-bond acceptors (Lipinski definition) is 6. The van der Waals surface area contributed by atoms with Gasteiger partial charge in [0.15, 0.2) is 0 Å². The Labute approximate surface area is 430 Å². The summed E-state index contributed by atoms with van der Waals surface area (Å²) in [5.41, 5.74) is 0. The number of amides is 1. The number of esters is 1. The second-order valence-electron chi connectivity index (χ2n) is 19.8. The average Bonchev–Trinajstić information content (AvgIpc) is 3.32. The number of quaternary nitrogens is 1. The fourth-order valence-corrected chi connectivity index (χ4v) is 8.18. The Hall–Kier alpha value is -3.07. The van der Waals surface area contributed by atoms with E-state index in [9.17, 15) is 19.0 Å². The van der Waals surface area contributed by atoms with E-state index in [2.05, 4.69) is 99.0 Å². The SMILES string of the molecule is CC/C=C/C/C=C/C/C=C/C/C=C/C/C=C/CCC(=O)NC(COP(=O)(O)OCC[N+](C)(C)C)C(/C=C/CCCCCCCCCCCCC)OC(=O)CCCCCCCC/C=C/C=C/CCCCC. The lowest BCUT2D eigenvalue weighted by Gasteiger charge is -2.27. The minimum absolute atomic E-state index is 0.0206. The van der Waals surface area contributed by atoms with Gasteiger partial charge in [0.1, 0.15) is 19.3 Å². The van der Waals surface area contributed by atoms with Crippen molar-refractivity contribution in [2.45, 2.75) is 232 Å². The van der Waals surface area contributed by atoms with Crippen molar-refractivity contribution in [1.29, 1.82) is 0 Å². The molecular formula is C60H106N2O7P+. The maximum atomic E-state index is 13.4. The molecule has 1 amide bonds. The number of ether oxygens (including phenoxy) is 1. The first kappa shape index (κ1) is 66.9. The summed E-state index contributed by atoms with van der Waals surface area (Å²) in [5.74, 6) is -0.621. The molecule has 3 atom stereocenters. The Morgan fingerprint density at radius 2 is 0.971 bits per heavy atom. The highest BCUT2D eigenvalue weighted by molar-refractivity contribution is 7.47. The first-order chi connectivity index (χ1) is 33.9. The zero-order valence-electron chi connectivity index (χ0n) is 45.7. The van der Waals surface area contributed by atoms with Gasteiger partial charge in [-0.2, -0.15) is 0 Å². The van der Waals surface area contributed by atoms with Crippen molar-refractivity contribution >= 4 is 19.7 Å². The lowest BCUT2D eigenvalue weighted by Crippen LogP contribution is -2.47. The summed E-state index contributed by atoms with van der Waals surface area (Å²) < 4.78 is 30.5. The Bertz CT molecular complexity index is 1520. The molecule has 2 N–H and O–H groups in total. The van der Waals surface area contributed by atoms with E-state index in [-0.39, 0.29) is 37.9 Å². The van der Waals surface area contributed by atoms with Crippen LogP contribution in [0.15, 0.2) is 97.2 Å². The molecule has 70 heavy (non-hydrogen) atoms. The molecule has 0 aliphatic rings. The summed E-state index contributed by atoms with van der Waals surface area (Å²) in [5, 5.41) is 2.99. The van der Waals surface area contributed by atoms with Crippen molar-refractivity contribution in [3.8, 4) is 0 Å². The number of likely N-dealkylation sites (N-methyl/N-ethyl adjacent to an activating group) is 1. The smallest absolute Gasteiger partial charge is 0.456 e. The van der Waals surface area contributed by atoms with Gasteiger partial charge >= 0.3 is 13.8 Å². The van der Waals surface area contributed by atoms with E-state index in [1.807, 2.05) is 45.4 Å². The van der Waals surface area contributed by atoms with Gasteiger partial charge in [-0.15, -0.1) is 0 Å². The number of nitrogens with zero attached hydrogens (tertiary/aromatic N) is 1. The fourth-order valence-electron chi connectivity index (χ4n) is 7.45. The van der Waals surface area contributed by atoms with Gasteiger partial charge in [-0.3, -0.25) is 18.6 Å². The highest BCUT2D eigenvalue weighted by atomic mass is 31.2. The number of rotatable bonds is 49. The van der Waals surface area contributed by atoms with E-state index in [0.717, 1.165) is 96.3 Å². The zero-order chi connectivity index (χ0) is 51.5. The highest BCUT2D eigenvalue weighted by Gasteiger charge is 2.30. The van der Waals surface area contributed by atoms with Crippen LogP contribution in [-0.4, -0.2) is 74.3 Å². The number of carbonyl (C=O) groups is 2. The van der Waals surface area contributed by atoms with Crippen LogP contribution < -0.4 is 5.32 Å². The molecule has 402 valence electrons. The molecule has 0 bridgehead atoms. The predicted molar refractivity (Wildman–Crippen MR) is 300 cm³/mol. The van der Waals surface area contributed by atoms with Crippen molar-refractivity contribution < 1.29 is 37.3 Å². The fraction of sp³-hybridized carbons (Fsp3) is 0.700. The lowest BCUT2D eigenvalue weighted by molar-refractivity contribution is -0.870. The molecule has 0 saturated carbocycles. The second kappa shape index (κ2) is 49.5. The van der Waals surface area contributed by atoms with Crippen LogP contribution in [0, 0.1) is 0 Å². The van der Waals surface area contributed by atoms with Gasteiger partial charge in [0, 0.05) is 12.8 Å². The molecule has 0 rings (SSSR count). The minimum Gasteiger partial charge on any atom is -0.456 e. The van der Waals surface area contributed by atoms with Gasteiger partial charge in [-0.1, -0.05) is 215 Å². The molecule has 3 unspecified atom stereocenters. The van der Waals surface area contributed by atoms with Crippen LogP contribution in [0.25, 0.3) is 0 Å². The van der Waals surface area contributed by atoms with Crippen molar-refractivity contribution in [2.24, 2.45) is 0 Å². The Morgan fingerprint density at radius 1 is 0.529 bits per heavy atom. The normalized spacial score (nSPS) is 14.6. The number of nitrogens with one attached hydrogen (secondary N) is 1. The highest BCUT2D eigenvalue weighted by Crippen LogP contribution is 2.43. The Kier molecular flexibility index (Phi) is 47.3.